The molecule has 0 radical (unpaired) electrons. The van der Waals surface area contributed by atoms with E-state index in [-0.39, 0.29) is 0 Å². The molecule has 0 saturated heterocycles. The molecule has 0 aromatic rings. The van der Waals surface area contributed by atoms with Gasteiger partial charge >= 0.3 is 0 Å². The summed E-state index contributed by atoms with van der Waals surface area (Å²) in [7, 11) is 4.13. The van der Waals surface area contributed by atoms with Crippen LogP contribution in [-0.4, -0.2) is 5.25 Å². The molecule has 62 valence electrons. The lowest BCUT2D eigenvalue weighted by molar-refractivity contribution is 0.648. The van der Waals surface area contributed by atoms with Gasteiger partial charge < -0.3 is 0 Å². The van der Waals surface area contributed by atoms with Crippen LogP contribution in [0.5, 0.6) is 0 Å². The van der Waals surface area contributed by atoms with Crippen LogP contribution in [0.15, 0.2) is 10.5 Å². The normalized spacial score (nSPS) is 30.3. The van der Waals surface area contributed by atoms with Crippen LogP contribution in [0, 0.1) is 5.92 Å². The summed E-state index contributed by atoms with van der Waals surface area (Å²) in [6.45, 7) is 4.68. The topological polar surface area (TPSA) is 0 Å². The van der Waals surface area contributed by atoms with E-state index in [1.54, 1.807) is 10.5 Å². The SMILES string of the molecule is CC(C)C1SSC2=C1CCC2. The number of allylic oxidation sites excluding steroid dienone is 1. The number of rotatable bonds is 1. The second-order valence-corrected chi connectivity index (χ2v) is 6.08. The van der Waals surface area contributed by atoms with Crippen molar-refractivity contribution in [1.29, 1.82) is 0 Å². The van der Waals surface area contributed by atoms with Crippen LogP contribution >= 0.6 is 21.6 Å². The zero-order chi connectivity index (χ0) is 7.84. The molecule has 1 unspecified atom stereocenters. The highest BCUT2D eigenvalue weighted by molar-refractivity contribution is 8.78. The fraction of sp³-hybridized carbons (Fsp3) is 0.778. The van der Waals surface area contributed by atoms with Crippen LogP contribution in [0.4, 0.5) is 0 Å². The Hall–Kier alpha value is 0.440. The lowest BCUT2D eigenvalue weighted by atomic mass is 10.0. The van der Waals surface area contributed by atoms with Crippen LogP contribution in [0.25, 0.3) is 0 Å². The van der Waals surface area contributed by atoms with E-state index in [0.29, 0.717) is 0 Å². The van der Waals surface area contributed by atoms with Gasteiger partial charge in [0.2, 0.25) is 0 Å². The molecule has 0 aromatic heterocycles. The maximum Gasteiger partial charge on any atom is 0.0397 e. The summed E-state index contributed by atoms with van der Waals surface area (Å²) < 4.78 is 0. The van der Waals surface area contributed by atoms with Crippen molar-refractivity contribution >= 4 is 21.6 Å². The summed E-state index contributed by atoms with van der Waals surface area (Å²) >= 11 is 0. The molecule has 1 atom stereocenters. The largest absolute Gasteiger partial charge is 0.0811 e. The highest BCUT2D eigenvalue weighted by Gasteiger charge is 2.31. The van der Waals surface area contributed by atoms with E-state index < -0.39 is 0 Å². The Balaban J connectivity index is 2.15. The van der Waals surface area contributed by atoms with Crippen LogP contribution in [0.1, 0.15) is 33.1 Å². The van der Waals surface area contributed by atoms with E-state index in [4.69, 9.17) is 0 Å². The summed E-state index contributed by atoms with van der Waals surface area (Å²) in [5, 5.41) is 0.845. The first-order chi connectivity index (χ1) is 5.29. The van der Waals surface area contributed by atoms with Crippen molar-refractivity contribution in [3.63, 3.8) is 0 Å². The van der Waals surface area contributed by atoms with Gasteiger partial charge in [-0.15, -0.1) is 0 Å². The molecule has 2 aliphatic rings. The molecule has 0 nitrogen and oxygen atoms in total. The fourth-order valence-corrected chi connectivity index (χ4v) is 5.52. The fourth-order valence-electron chi connectivity index (χ4n) is 1.82. The molecule has 0 bridgehead atoms. The Morgan fingerprint density at radius 2 is 2.18 bits per heavy atom. The molecule has 0 amide bonds. The van der Waals surface area contributed by atoms with Gasteiger partial charge in [-0.25, -0.2) is 0 Å². The lowest BCUT2D eigenvalue weighted by Crippen LogP contribution is -2.09. The summed E-state index contributed by atoms with van der Waals surface area (Å²) in [6, 6.07) is 0. The molecule has 0 fully saturated rings. The first-order valence-electron chi connectivity index (χ1n) is 4.34. The predicted molar refractivity (Wildman–Crippen MR) is 54.7 cm³/mol. The highest BCUT2D eigenvalue weighted by atomic mass is 33.1. The Labute approximate surface area is 76.6 Å². The second-order valence-electron chi connectivity index (χ2n) is 3.65. The van der Waals surface area contributed by atoms with Gasteiger partial charge in [0, 0.05) is 5.25 Å². The van der Waals surface area contributed by atoms with Crippen molar-refractivity contribution in [2.45, 2.75) is 38.4 Å². The second kappa shape index (κ2) is 3.06. The van der Waals surface area contributed by atoms with Crippen molar-refractivity contribution in [3.05, 3.63) is 10.5 Å². The third kappa shape index (κ3) is 1.35. The van der Waals surface area contributed by atoms with E-state index in [1.807, 2.05) is 10.8 Å². The minimum absolute atomic E-state index is 0.832. The van der Waals surface area contributed by atoms with Gasteiger partial charge in [-0.1, -0.05) is 35.4 Å². The lowest BCUT2D eigenvalue weighted by Gasteiger charge is -2.15. The Morgan fingerprint density at radius 1 is 1.36 bits per heavy atom. The summed E-state index contributed by atoms with van der Waals surface area (Å²) in [5.74, 6) is 0.832. The molecule has 0 N–H and O–H groups in total. The maximum atomic E-state index is 2.34. The van der Waals surface area contributed by atoms with E-state index >= 15 is 0 Å². The van der Waals surface area contributed by atoms with E-state index in [1.165, 1.54) is 19.3 Å². The minimum Gasteiger partial charge on any atom is -0.0811 e. The van der Waals surface area contributed by atoms with Crippen LogP contribution in [0.2, 0.25) is 0 Å². The van der Waals surface area contributed by atoms with Gasteiger partial charge in [0.15, 0.2) is 0 Å². The smallest absolute Gasteiger partial charge is 0.0397 e. The standard InChI is InChI=1S/C9H14S2/c1-6(2)9-7-4-3-5-8(7)10-11-9/h6,9H,3-5H2,1-2H3. The number of hydrogen-bond donors (Lipinski definition) is 0. The highest BCUT2D eigenvalue weighted by Crippen LogP contribution is 2.55. The molecule has 1 aliphatic heterocycles. The minimum atomic E-state index is 0.832. The van der Waals surface area contributed by atoms with Gasteiger partial charge in [0.1, 0.15) is 0 Å². The molecule has 1 heterocycles. The van der Waals surface area contributed by atoms with Gasteiger partial charge in [-0.05, 0) is 35.7 Å². The summed E-state index contributed by atoms with van der Waals surface area (Å²) in [5.41, 5.74) is 1.79. The van der Waals surface area contributed by atoms with Crippen molar-refractivity contribution in [1.82, 2.24) is 0 Å². The summed E-state index contributed by atoms with van der Waals surface area (Å²) in [6.07, 6.45) is 4.18. The van der Waals surface area contributed by atoms with E-state index in [2.05, 4.69) is 24.6 Å². The average molecular weight is 186 g/mol. The Morgan fingerprint density at radius 3 is 2.91 bits per heavy atom. The molecule has 0 aromatic carbocycles. The Kier molecular flexibility index (Phi) is 2.24. The van der Waals surface area contributed by atoms with Gasteiger partial charge in [0.25, 0.3) is 0 Å². The molecule has 0 spiro atoms. The maximum absolute atomic E-state index is 2.34. The molecule has 11 heavy (non-hydrogen) atoms. The Bertz CT molecular complexity index is 194. The summed E-state index contributed by atoms with van der Waals surface area (Å²) in [4.78, 5) is 1.72. The average Bonchev–Trinajstić information content (AvgIpc) is 2.41. The van der Waals surface area contributed by atoms with Crippen LogP contribution in [0.3, 0.4) is 0 Å². The third-order valence-corrected chi connectivity index (χ3v) is 5.72. The van der Waals surface area contributed by atoms with E-state index in [0.717, 1.165) is 11.2 Å². The molecular formula is C9H14S2. The quantitative estimate of drug-likeness (QED) is 0.571. The van der Waals surface area contributed by atoms with Crippen molar-refractivity contribution in [3.8, 4) is 0 Å². The molecule has 2 rings (SSSR count). The molecule has 1 aliphatic carbocycles. The first-order valence-corrected chi connectivity index (χ1v) is 6.55. The van der Waals surface area contributed by atoms with Gasteiger partial charge in [0.05, 0.1) is 0 Å². The zero-order valence-corrected chi connectivity index (χ0v) is 8.73. The third-order valence-electron chi connectivity index (χ3n) is 2.41. The van der Waals surface area contributed by atoms with Crippen molar-refractivity contribution in [2.75, 3.05) is 0 Å². The zero-order valence-electron chi connectivity index (χ0n) is 7.09. The van der Waals surface area contributed by atoms with Gasteiger partial charge in [-0.3, -0.25) is 0 Å². The predicted octanol–water partition coefficient (Wildman–Crippen LogP) is 3.84. The van der Waals surface area contributed by atoms with Crippen LogP contribution < -0.4 is 0 Å². The first kappa shape index (κ1) is 8.06. The van der Waals surface area contributed by atoms with Crippen molar-refractivity contribution in [2.24, 2.45) is 5.92 Å². The van der Waals surface area contributed by atoms with Crippen LogP contribution in [-0.2, 0) is 0 Å². The number of hydrogen-bond acceptors (Lipinski definition) is 2. The molecule has 2 heteroatoms. The van der Waals surface area contributed by atoms with Crippen molar-refractivity contribution < 1.29 is 0 Å². The monoisotopic (exact) mass is 186 g/mol. The van der Waals surface area contributed by atoms with Gasteiger partial charge in [-0.2, -0.15) is 0 Å². The molecular weight excluding hydrogens is 172 g/mol. The van der Waals surface area contributed by atoms with E-state index in [9.17, 15) is 0 Å². The molecule has 0 saturated carbocycles.